The van der Waals surface area contributed by atoms with Gasteiger partial charge in [-0.1, -0.05) is 29.3 Å². The summed E-state index contributed by atoms with van der Waals surface area (Å²) in [4.78, 5) is 42.4. The van der Waals surface area contributed by atoms with Gasteiger partial charge < -0.3 is 20.3 Å². The van der Waals surface area contributed by atoms with Crippen LogP contribution < -0.4 is 10.6 Å². The zero-order valence-corrected chi connectivity index (χ0v) is 24.3. The monoisotopic (exact) mass is 519 g/mol. The highest BCUT2D eigenvalue weighted by atomic mass is 32.2. The van der Waals surface area contributed by atoms with Gasteiger partial charge in [0.1, 0.15) is 17.7 Å². The van der Waals surface area contributed by atoms with E-state index in [9.17, 15) is 14.4 Å². The second-order valence-electron chi connectivity index (χ2n) is 11.9. The molecule has 0 spiro atoms. The molecule has 2 rings (SSSR count). The number of aryl methyl sites for hydroxylation is 2. The molecule has 0 aromatic heterocycles. The molecule has 8 heteroatoms. The van der Waals surface area contributed by atoms with Gasteiger partial charge >= 0.3 is 6.09 Å². The fourth-order valence-corrected chi connectivity index (χ4v) is 4.82. The van der Waals surface area contributed by atoms with Crippen molar-refractivity contribution in [1.82, 2.24) is 15.5 Å². The fourth-order valence-electron chi connectivity index (χ4n) is 4.35. The van der Waals surface area contributed by atoms with Gasteiger partial charge in [-0.15, -0.1) is 0 Å². The van der Waals surface area contributed by atoms with Gasteiger partial charge in [0.25, 0.3) is 0 Å². The Labute approximate surface area is 221 Å². The van der Waals surface area contributed by atoms with Gasteiger partial charge in [0.05, 0.1) is 0 Å². The largest absolute Gasteiger partial charge is 0.444 e. The van der Waals surface area contributed by atoms with E-state index in [2.05, 4.69) is 16.7 Å². The van der Waals surface area contributed by atoms with Crippen molar-refractivity contribution in [2.45, 2.75) is 110 Å². The first-order valence-electron chi connectivity index (χ1n) is 12.8. The van der Waals surface area contributed by atoms with Crippen molar-refractivity contribution >= 4 is 29.7 Å². The van der Waals surface area contributed by atoms with Gasteiger partial charge in [-0.05, 0) is 98.6 Å². The molecule has 3 amide bonds. The summed E-state index contributed by atoms with van der Waals surface area (Å²) in [5.74, 6) is 0.231. The Hall–Kier alpha value is -2.22. The second kappa shape index (κ2) is 12.3. The van der Waals surface area contributed by atoms with E-state index in [1.54, 1.807) is 37.4 Å². The van der Waals surface area contributed by atoms with Crippen molar-refractivity contribution in [2.24, 2.45) is 0 Å². The Kier molecular flexibility index (Phi) is 10.3. The quantitative estimate of drug-likeness (QED) is 0.463. The number of thioether (sulfide) groups is 1. The Bertz CT molecular complexity index is 911. The molecule has 1 aromatic rings. The van der Waals surface area contributed by atoms with Crippen molar-refractivity contribution in [1.29, 1.82) is 0 Å². The molecule has 0 radical (unpaired) electrons. The number of alkyl carbamates (subject to hydrolysis) is 1. The lowest BCUT2D eigenvalue weighted by Crippen LogP contribution is -2.58. The highest BCUT2D eigenvalue weighted by molar-refractivity contribution is 7.98. The standard InChI is InChI=1S/C28H45N3O4S/c1-18-15-19(2)17-20(16-18)23(24(32)30-27(3,4)5)31(21-11-10-12-21)25(33)22(13-14-36-9)29-26(34)35-28(6,7)8/h15-17,21-23H,10-14H2,1-9H3,(H,29,34)(H,30,32). The summed E-state index contributed by atoms with van der Waals surface area (Å²) in [7, 11) is 0. The normalized spacial score (nSPS) is 15.9. The molecule has 2 atom stereocenters. The smallest absolute Gasteiger partial charge is 0.408 e. The molecule has 7 nitrogen and oxygen atoms in total. The van der Waals surface area contributed by atoms with E-state index in [0.717, 1.165) is 36.0 Å². The van der Waals surface area contributed by atoms with E-state index in [-0.39, 0.29) is 17.9 Å². The number of carbonyl (C=O) groups excluding carboxylic acids is 3. The number of hydrogen-bond acceptors (Lipinski definition) is 5. The van der Waals surface area contributed by atoms with Crippen molar-refractivity contribution in [3.8, 4) is 0 Å². The maximum Gasteiger partial charge on any atom is 0.408 e. The van der Waals surface area contributed by atoms with Crippen LogP contribution in [0.2, 0.25) is 0 Å². The van der Waals surface area contributed by atoms with Crippen LogP contribution >= 0.6 is 11.8 Å². The Morgan fingerprint density at radius 1 is 1.06 bits per heavy atom. The lowest BCUT2D eigenvalue weighted by molar-refractivity contribution is -0.148. The summed E-state index contributed by atoms with van der Waals surface area (Å²) in [5, 5.41) is 5.91. The highest BCUT2D eigenvalue weighted by Crippen LogP contribution is 2.35. The molecular formula is C28H45N3O4S. The van der Waals surface area contributed by atoms with Crippen LogP contribution in [-0.2, 0) is 14.3 Å². The zero-order chi connectivity index (χ0) is 27.3. The lowest BCUT2D eigenvalue weighted by atomic mass is 9.87. The SMILES string of the molecule is CSCCC(NC(=O)OC(C)(C)C)C(=O)N(C1CCC1)C(C(=O)NC(C)(C)C)c1cc(C)cc(C)c1. The topological polar surface area (TPSA) is 87.7 Å². The Morgan fingerprint density at radius 3 is 2.08 bits per heavy atom. The first-order valence-corrected chi connectivity index (χ1v) is 14.2. The Balaban J connectivity index is 2.53. The summed E-state index contributed by atoms with van der Waals surface area (Å²) < 4.78 is 5.46. The minimum Gasteiger partial charge on any atom is -0.444 e. The van der Waals surface area contributed by atoms with Crippen LogP contribution in [0.1, 0.15) is 90.0 Å². The van der Waals surface area contributed by atoms with Crippen LogP contribution in [0.15, 0.2) is 18.2 Å². The van der Waals surface area contributed by atoms with E-state index >= 15 is 0 Å². The van der Waals surface area contributed by atoms with E-state index in [4.69, 9.17) is 4.74 Å². The van der Waals surface area contributed by atoms with Gasteiger partial charge in [0.2, 0.25) is 11.8 Å². The average molecular weight is 520 g/mol. The number of amides is 3. The predicted molar refractivity (Wildman–Crippen MR) is 147 cm³/mol. The van der Waals surface area contributed by atoms with Gasteiger partial charge in [-0.2, -0.15) is 11.8 Å². The average Bonchev–Trinajstić information content (AvgIpc) is 2.65. The third-order valence-electron chi connectivity index (χ3n) is 5.91. The van der Waals surface area contributed by atoms with E-state index in [0.29, 0.717) is 12.2 Å². The zero-order valence-electron chi connectivity index (χ0n) is 23.5. The van der Waals surface area contributed by atoms with Crippen LogP contribution in [0.4, 0.5) is 4.79 Å². The van der Waals surface area contributed by atoms with Crippen LogP contribution in [0.5, 0.6) is 0 Å². The molecule has 1 aliphatic rings. The molecule has 0 bridgehead atoms. The van der Waals surface area contributed by atoms with Gasteiger partial charge in [-0.25, -0.2) is 4.79 Å². The first-order chi connectivity index (χ1) is 16.6. The molecule has 36 heavy (non-hydrogen) atoms. The van der Waals surface area contributed by atoms with Gasteiger partial charge in [0.15, 0.2) is 0 Å². The van der Waals surface area contributed by atoms with Crippen LogP contribution in [0.25, 0.3) is 0 Å². The minimum absolute atomic E-state index is 0.0637. The summed E-state index contributed by atoms with van der Waals surface area (Å²) in [6.07, 6.45) is 4.45. The van der Waals surface area contributed by atoms with Crippen molar-refractivity contribution < 1.29 is 19.1 Å². The summed E-state index contributed by atoms with van der Waals surface area (Å²) >= 11 is 1.61. The van der Waals surface area contributed by atoms with Crippen LogP contribution in [0.3, 0.4) is 0 Å². The van der Waals surface area contributed by atoms with Crippen LogP contribution in [-0.4, -0.2) is 58.0 Å². The number of rotatable bonds is 9. The summed E-state index contributed by atoms with van der Waals surface area (Å²) in [6, 6.07) is 4.38. The fraction of sp³-hybridized carbons (Fsp3) is 0.679. The van der Waals surface area contributed by atoms with E-state index in [1.165, 1.54) is 0 Å². The van der Waals surface area contributed by atoms with Crippen molar-refractivity contribution in [2.75, 3.05) is 12.0 Å². The molecule has 1 aliphatic carbocycles. The van der Waals surface area contributed by atoms with E-state index < -0.39 is 29.3 Å². The van der Waals surface area contributed by atoms with Crippen molar-refractivity contribution in [3.05, 3.63) is 34.9 Å². The number of carbonyl (C=O) groups is 3. The molecular weight excluding hydrogens is 474 g/mol. The molecule has 1 aromatic carbocycles. The van der Waals surface area contributed by atoms with Crippen LogP contribution in [0, 0.1) is 13.8 Å². The molecule has 2 N–H and O–H groups in total. The molecule has 0 heterocycles. The summed E-state index contributed by atoms with van der Waals surface area (Å²) in [6.45, 7) is 15.2. The van der Waals surface area contributed by atoms with Gasteiger partial charge in [0, 0.05) is 11.6 Å². The minimum atomic E-state index is -0.794. The number of hydrogen-bond donors (Lipinski definition) is 2. The van der Waals surface area contributed by atoms with E-state index in [1.807, 2.05) is 53.0 Å². The number of nitrogens with one attached hydrogen (secondary N) is 2. The molecule has 0 saturated heterocycles. The number of ether oxygens (including phenoxy) is 1. The first kappa shape index (κ1) is 30.0. The molecule has 1 fully saturated rings. The maximum atomic E-state index is 14.2. The lowest BCUT2D eigenvalue weighted by Gasteiger charge is -2.44. The Morgan fingerprint density at radius 2 is 1.64 bits per heavy atom. The molecule has 202 valence electrons. The molecule has 0 aliphatic heterocycles. The third-order valence-corrected chi connectivity index (χ3v) is 6.55. The summed E-state index contributed by atoms with van der Waals surface area (Å²) in [5.41, 5.74) is 1.71. The molecule has 1 saturated carbocycles. The second-order valence-corrected chi connectivity index (χ2v) is 12.9. The van der Waals surface area contributed by atoms with Crippen molar-refractivity contribution in [3.63, 3.8) is 0 Å². The third kappa shape index (κ3) is 9.02. The van der Waals surface area contributed by atoms with Gasteiger partial charge in [-0.3, -0.25) is 9.59 Å². The molecule has 2 unspecified atom stereocenters. The predicted octanol–water partition coefficient (Wildman–Crippen LogP) is 5.29. The number of nitrogens with zero attached hydrogens (tertiary/aromatic N) is 1. The number of benzene rings is 1. The maximum absolute atomic E-state index is 14.2. The highest BCUT2D eigenvalue weighted by Gasteiger charge is 2.42.